The molecular formula is C25H27N5O2S2. The lowest BCUT2D eigenvalue weighted by Gasteiger charge is -2.23. The van der Waals surface area contributed by atoms with Gasteiger partial charge < -0.3 is 21.3 Å². The number of fused-ring (bicyclic) bond motifs is 1. The van der Waals surface area contributed by atoms with E-state index in [1.807, 2.05) is 30.0 Å². The second-order valence-corrected chi connectivity index (χ2v) is 11.1. The molecule has 1 aliphatic rings. The van der Waals surface area contributed by atoms with Gasteiger partial charge in [-0.1, -0.05) is 36.8 Å². The van der Waals surface area contributed by atoms with Crippen LogP contribution in [0, 0.1) is 5.92 Å². The van der Waals surface area contributed by atoms with Gasteiger partial charge in [-0.05, 0) is 30.0 Å². The molecular weight excluding hydrogens is 466 g/mol. The average molecular weight is 494 g/mol. The molecule has 0 spiro atoms. The van der Waals surface area contributed by atoms with E-state index in [9.17, 15) is 10.2 Å². The zero-order valence-corrected chi connectivity index (χ0v) is 20.3. The minimum Gasteiger partial charge on any atom is -0.397 e. The van der Waals surface area contributed by atoms with E-state index >= 15 is 0 Å². The number of nitrogens with one attached hydrogen (secondary N) is 1. The van der Waals surface area contributed by atoms with E-state index in [2.05, 4.69) is 33.5 Å². The first-order valence-corrected chi connectivity index (χ1v) is 13.1. The summed E-state index contributed by atoms with van der Waals surface area (Å²) in [7, 11) is 0. The first-order valence-electron chi connectivity index (χ1n) is 11.4. The molecule has 34 heavy (non-hydrogen) atoms. The summed E-state index contributed by atoms with van der Waals surface area (Å²) in [4.78, 5) is 14.7. The largest absolute Gasteiger partial charge is 0.397 e. The van der Waals surface area contributed by atoms with Gasteiger partial charge in [-0.3, -0.25) is 0 Å². The lowest BCUT2D eigenvalue weighted by atomic mass is 10.00. The van der Waals surface area contributed by atoms with Gasteiger partial charge in [-0.25, -0.2) is 15.0 Å². The topological polar surface area (TPSA) is 117 Å². The van der Waals surface area contributed by atoms with Crippen LogP contribution in [0.15, 0.2) is 53.0 Å². The summed E-state index contributed by atoms with van der Waals surface area (Å²) in [6.07, 6.45) is 7.28. The minimum atomic E-state index is -0.253. The van der Waals surface area contributed by atoms with E-state index in [1.165, 1.54) is 19.3 Å². The first kappa shape index (κ1) is 23.0. The quantitative estimate of drug-likeness (QED) is 0.266. The fourth-order valence-corrected chi connectivity index (χ4v) is 6.59. The van der Waals surface area contributed by atoms with Gasteiger partial charge in [-0.15, -0.1) is 23.1 Å². The molecule has 0 unspecified atom stereocenters. The van der Waals surface area contributed by atoms with Gasteiger partial charge in [-0.2, -0.15) is 0 Å². The van der Waals surface area contributed by atoms with Gasteiger partial charge in [0.15, 0.2) is 0 Å². The molecule has 0 atom stereocenters. The summed E-state index contributed by atoms with van der Waals surface area (Å²) in [6.45, 7) is 0.197. The van der Waals surface area contributed by atoms with Crippen LogP contribution in [0.1, 0.15) is 19.3 Å². The lowest BCUT2D eigenvalue weighted by Crippen LogP contribution is -2.22. The van der Waals surface area contributed by atoms with Crippen LogP contribution in [0.3, 0.4) is 0 Å². The van der Waals surface area contributed by atoms with Crippen LogP contribution in [-0.2, 0) is 0 Å². The Morgan fingerprint density at radius 3 is 2.47 bits per heavy atom. The maximum atomic E-state index is 9.23. The Morgan fingerprint density at radius 1 is 1.09 bits per heavy atom. The van der Waals surface area contributed by atoms with Crippen LogP contribution in [0.5, 0.6) is 0 Å². The molecule has 7 nitrogen and oxygen atoms in total. The molecule has 0 amide bonds. The maximum absolute atomic E-state index is 9.23. The number of aromatic nitrogens is 3. The number of thiophene rings is 1. The molecule has 9 heteroatoms. The van der Waals surface area contributed by atoms with Crippen molar-refractivity contribution in [2.75, 3.05) is 30.8 Å². The number of nitrogens with zero attached hydrogens (tertiary/aromatic N) is 3. The van der Waals surface area contributed by atoms with Crippen LogP contribution < -0.4 is 11.1 Å². The summed E-state index contributed by atoms with van der Waals surface area (Å²) in [5.74, 6) is 0.191. The summed E-state index contributed by atoms with van der Waals surface area (Å²) in [5, 5.41) is 23.2. The Bertz CT molecular complexity index is 1260. The summed E-state index contributed by atoms with van der Waals surface area (Å²) in [5.41, 5.74) is 11.3. The molecule has 1 fully saturated rings. The molecule has 0 bridgehead atoms. The number of nitrogen functional groups attached to an aromatic ring is 1. The van der Waals surface area contributed by atoms with E-state index in [4.69, 9.17) is 10.7 Å². The molecule has 1 saturated carbocycles. The third kappa shape index (κ3) is 4.74. The number of rotatable bonds is 9. The highest BCUT2D eigenvalue weighted by Crippen LogP contribution is 2.48. The number of benzene rings is 1. The third-order valence-corrected chi connectivity index (χ3v) is 8.76. The van der Waals surface area contributed by atoms with Crippen LogP contribution >= 0.6 is 23.1 Å². The summed E-state index contributed by atoms with van der Waals surface area (Å²) in [6, 6.07) is 12.3. The van der Waals surface area contributed by atoms with E-state index in [1.54, 1.807) is 23.7 Å². The predicted octanol–water partition coefficient (Wildman–Crippen LogP) is 4.66. The smallest absolute Gasteiger partial charge is 0.222 e. The van der Waals surface area contributed by atoms with E-state index in [-0.39, 0.29) is 19.1 Å². The highest BCUT2D eigenvalue weighted by Gasteiger charge is 2.24. The molecule has 3 aromatic heterocycles. The Kier molecular flexibility index (Phi) is 6.96. The van der Waals surface area contributed by atoms with Crippen molar-refractivity contribution in [3.63, 3.8) is 0 Å². The fraction of sp³-hybridized carbons (Fsp3) is 0.320. The van der Waals surface area contributed by atoms with Crippen molar-refractivity contribution in [1.82, 2.24) is 15.0 Å². The lowest BCUT2D eigenvalue weighted by molar-refractivity contribution is 0.157. The van der Waals surface area contributed by atoms with Crippen LogP contribution in [-0.4, -0.2) is 50.2 Å². The number of hydrogen-bond acceptors (Lipinski definition) is 9. The van der Waals surface area contributed by atoms with Crippen molar-refractivity contribution in [3.8, 4) is 22.4 Å². The van der Waals surface area contributed by atoms with Crippen molar-refractivity contribution in [3.05, 3.63) is 48.8 Å². The molecule has 1 aromatic carbocycles. The molecule has 5 N–H and O–H groups in total. The monoisotopic (exact) mass is 493 g/mol. The molecule has 0 radical (unpaired) electrons. The van der Waals surface area contributed by atoms with Gasteiger partial charge in [0.25, 0.3) is 0 Å². The standard InChI is InChI=1S/C25H27N5O2S2/c26-22-21-19(16-5-2-1-3-6-16)9-20(30-23(21)34-24(22)33-18-7-4-8-18)17-11-28-25(29-12-17)27-10-15(13-31)14-32/h1-3,5-6,9,11-12,15,18,31-32H,4,7-8,10,13-14,26H2,(H,27,28,29). The van der Waals surface area contributed by atoms with Gasteiger partial charge in [0.2, 0.25) is 5.95 Å². The van der Waals surface area contributed by atoms with Crippen molar-refractivity contribution in [2.24, 2.45) is 5.92 Å². The number of anilines is 2. The average Bonchev–Trinajstić information content (AvgIpc) is 3.17. The van der Waals surface area contributed by atoms with Crippen molar-refractivity contribution >= 4 is 45.0 Å². The zero-order chi connectivity index (χ0) is 23.5. The Balaban J connectivity index is 1.51. The van der Waals surface area contributed by atoms with Gasteiger partial charge in [0.05, 0.1) is 15.6 Å². The Morgan fingerprint density at radius 2 is 1.82 bits per heavy atom. The number of pyridine rings is 1. The van der Waals surface area contributed by atoms with Crippen LogP contribution in [0.4, 0.5) is 11.6 Å². The predicted molar refractivity (Wildman–Crippen MR) is 140 cm³/mol. The number of nitrogens with two attached hydrogens (primary N) is 1. The van der Waals surface area contributed by atoms with Gasteiger partial charge in [0.1, 0.15) is 4.83 Å². The van der Waals surface area contributed by atoms with Crippen molar-refractivity contribution in [2.45, 2.75) is 28.7 Å². The van der Waals surface area contributed by atoms with E-state index in [0.717, 1.165) is 42.5 Å². The van der Waals surface area contributed by atoms with Crippen LogP contribution in [0.25, 0.3) is 32.6 Å². The van der Waals surface area contributed by atoms with Crippen LogP contribution in [0.2, 0.25) is 0 Å². The molecule has 0 saturated heterocycles. The SMILES string of the molecule is Nc1c(SC2CCC2)sc2nc(-c3cnc(NCC(CO)CO)nc3)cc(-c3ccccc3)c12. The normalized spacial score (nSPS) is 14.0. The van der Waals surface area contributed by atoms with E-state index < -0.39 is 0 Å². The Labute approximate surface area is 206 Å². The number of aliphatic hydroxyl groups excluding tert-OH is 2. The second-order valence-electron chi connectivity index (χ2n) is 8.48. The number of thioether (sulfide) groups is 1. The van der Waals surface area contributed by atoms with Gasteiger partial charge >= 0.3 is 0 Å². The Hall–Kier alpha value is -2.72. The van der Waals surface area contributed by atoms with Crippen molar-refractivity contribution in [1.29, 1.82) is 0 Å². The van der Waals surface area contributed by atoms with E-state index in [0.29, 0.717) is 17.7 Å². The zero-order valence-electron chi connectivity index (χ0n) is 18.6. The minimum absolute atomic E-state index is 0.0985. The summed E-state index contributed by atoms with van der Waals surface area (Å²) >= 11 is 3.55. The first-order chi connectivity index (χ1) is 16.7. The molecule has 1 aliphatic carbocycles. The molecule has 5 rings (SSSR count). The van der Waals surface area contributed by atoms with Crippen molar-refractivity contribution < 1.29 is 10.2 Å². The highest BCUT2D eigenvalue weighted by atomic mass is 32.2. The second kappa shape index (κ2) is 10.3. The summed E-state index contributed by atoms with van der Waals surface area (Å²) < 4.78 is 1.15. The molecule has 4 aromatic rings. The molecule has 3 heterocycles. The number of hydrogen-bond donors (Lipinski definition) is 4. The third-order valence-electron chi connectivity index (χ3n) is 6.09. The molecule has 176 valence electrons. The fourth-order valence-electron chi connectivity index (χ4n) is 3.80. The highest BCUT2D eigenvalue weighted by molar-refractivity contribution is 8.02. The number of aliphatic hydroxyl groups is 2. The van der Waals surface area contributed by atoms with Gasteiger partial charge in [0, 0.05) is 54.3 Å². The molecule has 0 aliphatic heterocycles. The maximum Gasteiger partial charge on any atom is 0.222 e.